The molecule has 0 heterocycles. The molecule has 0 saturated carbocycles. The van der Waals surface area contributed by atoms with Gasteiger partial charge in [-0.15, -0.1) is 12.1 Å². The maximum absolute atomic E-state index is 13.6. The minimum atomic E-state index is -3.92. The van der Waals surface area contributed by atoms with Gasteiger partial charge < -0.3 is 17.9 Å². The number of rotatable bonds is 11. The van der Waals surface area contributed by atoms with Crippen LogP contribution in [0.25, 0.3) is 10.5 Å². The van der Waals surface area contributed by atoms with Crippen LogP contribution in [0.3, 0.4) is 0 Å². The molecule has 8 heteroatoms. The van der Waals surface area contributed by atoms with Crippen LogP contribution < -0.4 is 20.7 Å². The third-order valence-corrected chi connectivity index (χ3v) is 14.3. The molecule has 0 fully saturated rings. The summed E-state index contributed by atoms with van der Waals surface area (Å²) in [7, 11) is -2.06. The normalized spacial score (nSPS) is 12.5. The maximum atomic E-state index is 13.6. The van der Waals surface area contributed by atoms with Crippen molar-refractivity contribution in [3.05, 3.63) is 210 Å². The van der Waals surface area contributed by atoms with Gasteiger partial charge in [0.2, 0.25) is 0 Å². The van der Waals surface area contributed by atoms with Crippen LogP contribution in [0.4, 0.5) is 0 Å². The summed E-state index contributed by atoms with van der Waals surface area (Å²) in [4.78, 5) is 0. The van der Waals surface area contributed by atoms with Crippen LogP contribution in [-0.4, -0.2) is 16.5 Å². The molecule has 0 aliphatic rings. The third-order valence-electron chi connectivity index (χ3n) is 8.25. The predicted octanol–water partition coefficient (Wildman–Crippen LogP) is 7.94. The van der Waals surface area contributed by atoms with Gasteiger partial charge in [-0.2, -0.15) is 0 Å². The fourth-order valence-corrected chi connectivity index (χ4v) is 12.2. The zero-order valence-electron chi connectivity index (χ0n) is 26.5. The second-order valence-corrected chi connectivity index (χ2v) is 16.6. The fourth-order valence-electron chi connectivity index (χ4n) is 6.14. The van der Waals surface area contributed by atoms with Gasteiger partial charge in [0.15, 0.2) is 8.07 Å². The number of nitrogens with one attached hydrogen (secondary N) is 1. The van der Waals surface area contributed by atoms with Crippen LogP contribution in [0.15, 0.2) is 176 Å². The Hall–Kier alpha value is -3.68. The average molecular weight is 774 g/mol. The van der Waals surface area contributed by atoms with Crippen molar-refractivity contribution in [2.24, 2.45) is 0 Å². The Morgan fingerprint density at radius 1 is 0.542 bits per heavy atom. The molecule has 6 aromatic rings. The molecular formula is C40H37ClN2O2RuSSi. The SMILES string of the molecule is [CH3-].[Cl][Ru+3].[NH-]C(c1ccccc1)C([N-]S(=O)(=O)Cc1ccc([Si](c2ccccc2)(c2ccccc2)c2ccccc2)cc1)c1ccccc1. The molecular weight excluding hydrogens is 737 g/mol. The number of halogens is 1. The fraction of sp³-hybridized carbons (Fsp3) is 0.0750. The third kappa shape index (κ3) is 8.48. The smallest absolute Gasteiger partial charge is 0.179 e. The Labute approximate surface area is 300 Å². The van der Waals surface area contributed by atoms with E-state index in [2.05, 4.69) is 99.3 Å². The molecule has 0 saturated heterocycles. The monoisotopic (exact) mass is 774 g/mol. The molecule has 6 aromatic carbocycles. The molecule has 244 valence electrons. The summed E-state index contributed by atoms with van der Waals surface area (Å²) in [5.41, 5.74) is 11.0. The second kappa shape index (κ2) is 17.6. The van der Waals surface area contributed by atoms with Crippen molar-refractivity contribution >= 4 is 48.5 Å². The van der Waals surface area contributed by atoms with E-state index in [-0.39, 0.29) is 13.2 Å². The van der Waals surface area contributed by atoms with E-state index in [0.29, 0.717) is 11.1 Å². The van der Waals surface area contributed by atoms with Crippen LogP contribution in [0.5, 0.6) is 0 Å². The minimum Gasteiger partial charge on any atom is -0.672 e. The van der Waals surface area contributed by atoms with Gasteiger partial charge in [-0.1, -0.05) is 187 Å². The Morgan fingerprint density at radius 3 is 1.27 bits per heavy atom. The molecule has 2 atom stereocenters. The Bertz CT molecular complexity index is 1820. The number of nitrogens with zero attached hydrogens (tertiary/aromatic N) is 1. The van der Waals surface area contributed by atoms with E-state index in [1.807, 2.05) is 108 Å². The first kappa shape index (κ1) is 37.1. The quantitative estimate of drug-likeness (QED) is 0.0763. The van der Waals surface area contributed by atoms with Crippen molar-refractivity contribution in [1.29, 1.82) is 0 Å². The summed E-state index contributed by atoms with van der Waals surface area (Å²) in [6.45, 7) is 0. The van der Waals surface area contributed by atoms with Crippen molar-refractivity contribution in [1.82, 2.24) is 0 Å². The van der Waals surface area contributed by atoms with Crippen LogP contribution >= 0.6 is 9.69 Å². The molecule has 6 rings (SSSR count). The number of hydrogen-bond acceptors (Lipinski definition) is 2. The summed E-state index contributed by atoms with van der Waals surface area (Å²) < 4.78 is 31.6. The first-order valence-corrected chi connectivity index (χ1v) is 21.0. The van der Waals surface area contributed by atoms with E-state index in [1.165, 1.54) is 20.7 Å². The van der Waals surface area contributed by atoms with Gasteiger partial charge in [0.1, 0.15) is 0 Å². The molecule has 4 nitrogen and oxygen atoms in total. The largest absolute Gasteiger partial charge is 0.672 e. The predicted molar refractivity (Wildman–Crippen MR) is 201 cm³/mol. The van der Waals surface area contributed by atoms with Crippen molar-refractivity contribution in [3.63, 3.8) is 0 Å². The van der Waals surface area contributed by atoms with Crippen LogP contribution in [0.1, 0.15) is 28.8 Å². The number of benzene rings is 6. The zero-order chi connectivity index (χ0) is 33.1. The molecule has 2 unspecified atom stereocenters. The molecule has 0 spiro atoms. The topological polar surface area (TPSA) is 72.0 Å². The van der Waals surface area contributed by atoms with Crippen molar-refractivity contribution < 1.29 is 25.7 Å². The first-order valence-electron chi connectivity index (χ1n) is 15.1. The molecule has 0 amide bonds. The van der Waals surface area contributed by atoms with E-state index < -0.39 is 30.2 Å². The maximum Gasteiger partial charge on any atom is 0.179 e. The molecule has 0 aromatic heterocycles. The van der Waals surface area contributed by atoms with Crippen molar-refractivity contribution in [2.45, 2.75) is 17.8 Å². The second-order valence-electron chi connectivity index (χ2n) is 11.1. The van der Waals surface area contributed by atoms with Crippen LogP contribution in [0, 0.1) is 7.43 Å². The molecule has 0 bridgehead atoms. The molecule has 0 aliphatic carbocycles. The zero-order valence-corrected chi connectivity index (χ0v) is 30.8. The van der Waals surface area contributed by atoms with Gasteiger partial charge in [0.25, 0.3) is 0 Å². The molecule has 0 radical (unpaired) electrons. The molecule has 1 N–H and O–H groups in total. The van der Waals surface area contributed by atoms with Crippen molar-refractivity contribution in [2.75, 3.05) is 0 Å². The number of hydrogen-bond donors (Lipinski definition) is 0. The Kier molecular flexibility index (Phi) is 13.7. The van der Waals surface area contributed by atoms with Gasteiger partial charge in [0.05, 0.1) is 15.8 Å². The van der Waals surface area contributed by atoms with Gasteiger partial charge in [0, 0.05) is 0 Å². The summed E-state index contributed by atoms with van der Waals surface area (Å²) in [6.07, 6.45) is 0. The van der Waals surface area contributed by atoms with E-state index in [1.54, 1.807) is 0 Å². The van der Waals surface area contributed by atoms with Crippen LogP contribution in [0.2, 0.25) is 0 Å². The van der Waals surface area contributed by atoms with E-state index >= 15 is 0 Å². The summed E-state index contributed by atoms with van der Waals surface area (Å²) in [5, 5.41) is 4.93. The summed E-state index contributed by atoms with van der Waals surface area (Å²) >= 11 is 1.82. The van der Waals surface area contributed by atoms with E-state index in [4.69, 9.17) is 5.73 Å². The Balaban J connectivity index is 0.00000170. The van der Waals surface area contributed by atoms with Gasteiger partial charge >= 0.3 is 27.0 Å². The van der Waals surface area contributed by atoms with Gasteiger partial charge in [-0.3, -0.25) is 0 Å². The van der Waals surface area contributed by atoms with Gasteiger partial charge in [-0.05, 0) is 26.3 Å². The average Bonchev–Trinajstić information content (AvgIpc) is 3.14. The van der Waals surface area contributed by atoms with Gasteiger partial charge in [-0.25, -0.2) is 8.42 Å². The summed E-state index contributed by atoms with van der Waals surface area (Å²) in [6, 6.07) is 56.7. The molecule has 48 heavy (non-hydrogen) atoms. The van der Waals surface area contributed by atoms with Crippen LogP contribution in [-0.2, 0) is 33.1 Å². The van der Waals surface area contributed by atoms with Crippen molar-refractivity contribution in [3.8, 4) is 0 Å². The van der Waals surface area contributed by atoms with E-state index in [9.17, 15) is 8.42 Å². The standard InChI is InChI=1S/C39H34N2O2SSi.CH3.ClH.Ru/c40-38(32-16-6-1-7-17-32)39(33-18-8-2-9-19-33)41-44(42,43)30-31-26-28-37(29-27-31)45(34-20-10-3-11-21-34,35-22-12-4-13-23-35)36-24-14-5-15-25-36;;;/h1-29,38-40H,30H2;1H3;1H;/q-2;-1;;+4/p-1. The minimum absolute atomic E-state index is 0. The molecule has 0 aliphatic heterocycles. The number of sulfonamides is 1. The Morgan fingerprint density at radius 2 is 0.875 bits per heavy atom. The first-order chi connectivity index (χ1) is 23.0. The van der Waals surface area contributed by atoms with E-state index in [0.717, 1.165) is 5.56 Å². The summed E-state index contributed by atoms with van der Waals surface area (Å²) in [5.74, 6) is -0.241.